The Hall–Kier alpha value is -2.34. The van der Waals surface area contributed by atoms with Gasteiger partial charge in [0.1, 0.15) is 0 Å². The van der Waals surface area contributed by atoms with E-state index in [4.69, 9.17) is 0 Å². The Morgan fingerprint density at radius 1 is 0.417 bits per heavy atom. The van der Waals surface area contributed by atoms with Crippen LogP contribution in [0, 0.1) is 47.3 Å². The predicted molar refractivity (Wildman–Crippen MR) is 273 cm³/mol. The van der Waals surface area contributed by atoms with E-state index in [2.05, 4.69) is 168 Å². The lowest BCUT2D eigenvalue weighted by Gasteiger charge is -2.34. The highest BCUT2D eigenvalue weighted by Crippen LogP contribution is 2.67. The van der Waals surface area contributed by atoms with Crippen LogP contribution in [0.3, 0.4) is 0 Å². The highest BCUT2D eigenvalue weighted by Gasteiger charge is 2.59. The smallest absolute Gasteiger partial charge is 0.0193 e. The van der Waals surface area contributed by atoms with Gasteiger partial charge in [-0.1, -0.05) is 238 Å². The van der Waals surface area contributed by atoms with Gasteiger partial charge in [-0.3, -0.25) is 0 Å². The van der Waals surface area contributed by atoms with Crippen LogP contribution in [-0.2, 0) is 12.8 Å². The standard InChI is InChI=1S/C12H18.2C10H14.C8H10.C7H12.C4H10.3C3H8/c1-2-8-5-7(1)11-9-3-4-10(6-9)12(8)11;1-3-9(2)10-7-5-4-6-8-10;1-2-3-7-10-8-5-4-6-9-10;1-2-8-6-4-3-5-7-8;1-2-7-4-3-6(1)5-7;1-3-4-2;3*1-3-2/h7-12H,1-6H2;4-9H,3H2,1-2H3;4-6,8-9H,2-3,7H2,1H3;3-7H,2H2,1H3;6-7H,1-5H2;3-4H2,1-2H3;3*3H2,1-2H3. The molecule has 6 fully saturated rings. The van der Waals surface area contributed by atoms with Gasteiger partial charge in [0, 0.05) is 0 Å². The molecule has 0 spiro atoms. The van der Waals surface area contributed by atoms with E-state index in [1.54, 1.807) is 70.6 Å². The molecule has 0 nitrogen and oxygen atoms in total. The van der Waals surface area contributed by atoms with E-state index in [0.717, 1.165) is 6.42 Å². The van der Waals surface area contributed by atoms with Gasteiger partial charge in [0.05, 0.1) is 0 Å². The van der Waals surface area contributed by atoms with E-state index in [1.807, 2.05) is 6.07 Å². The quantitative estimate of drug-likeness (QED) is 0.208. The summed E-state index contributed by atoms with van der Waals surface area (Å²) in [4.78, 5) is 0. The van der Waals surface area contributed by atoms with Gasteiger partial charge in [0.15, 0.2) is 0 Å². The monoisotopic (exact) mass is 823 g/mol. The fraction of sp³-hybridized carbons (Fsp3) is 0.700. The molecule has 0 saturated heterocycles. The third kappa shape index (κ3) is 22.1. The molecule has 0 heteroatoms. The molecule has 0 heterocycles. The van der Waals surface area contributed by atoms with Gasteiger partial charge in [0.25, 0.3) is 0 Å². The van der Waals surface area contributed by atoms with Crippen LogP contribution in [0.5, 0.6) is 0 Å². The Bertz CT molecular complexity index is 1240. The van der Waals surface area contributed by atoms with Crippen LogP contribution in [0.1, 0.15) is 228 Å². The molecular formula is C60H102. The van der Waals surface area contributed by atoms with Crippen molar-refractivity contribution in [1.29, 1.82) is 0 Å². The summed E-state index contributed by atoms with van der Waals surface area (Å²) in [5, 5.41) is 0. The summed E-state index contributed by atoms with van der Waals surface area (Å²) < 4.78 is 0. The summed E-state index contributed by atoms with van der Waals surface area (Å²) in [7, 11) is 0. The molecule has 6 aliphatic rings. The van der Waals surface area contributed by atoms with E-state index >= 15 is 0 Å². The van der Waals surface area contributed by atoms with E-state index < -0.39 is 0 Å². The molecule has 3 aromatic carbocycles. The molecule has 0 N–H and O–H groups in total. The molecule has 0 radical (unpaired) electrons. The molecular weight excluding hydrogens is 721 g/mol. The van der Waals surface area contributed by atoms with Gasteiger partial charge in [-0.25, -0.2) is 0 Å². The fourth-order valence-corrected chi connectivity index (χ4v) is 10.5. The van der Waals surface area contributed by atoms with Crippen molar-refractivity contribution < 1.29 is 0 Å². The van der Waals surface area contributed by atoms with Crippen molar-refractivity contribution in [2.75, 3.05) is 0 Å². The summed E-state index contributed by atoms with van der Waals surface area (Å²) >= 11 is 0. The average Bonchev–Trinajstić information content (AvgIpc) is 4.19. The van der Waals surface area contributed by atoms with Gasteiger partial charge >= 0.3 is 0 Å². The zero-order valence-corrected chi connectivity index (χ0v) is 42.2. The van der Waals surface area contributed by atoms with Crippen molar-refractivity contribution in [2.24, 2.45) is 47.3 Å². The first-order valence-electron chi connectivity index (χ1n) is 26.4. The van der Waals surface area contributed by atoms with E-state index in [1.165, 1.54) is 122 Å². The summed E-state index contributed by atoms with van der Waals surface area (Å²) in [6, 6.07) is 31.7. The van der Waals surface area contributed by atoms with Crippen LogP contribution in [-0.4, -0.2) is 0 Å². The number of hydrogen-bond donors (Lipinski definition) is 0. The predicted octanol–water partition coefficient (Wildman–Crippen LogP) is 19.8. The summed E-state index contributed by atoms with van der Waals surface area (Å²) in [6.07, 6.45) is 30.1. The van der Waals surface area contributed by atoms with Gasteiger partial charge in [-0.15, -0.1) is 0 Å². The van der Waals surface area contributed by atoms with Gasteiger partial charge in [-0.05, 0) is 141 Å². The summed E-state index contributed by atoms with van der Waals surface area (Å²) in [6.45, 7) is 26.0. The molecule has 5 atom stereocenters. The number of aryl methyl sites for hydroxylation is 2. The van der Waals surface area contributed by atoms with Crippen molar-refractivity contribution in [3.05, 3.63) is 108 Å². The minimum atomic E-state index is 0.709. The van der Waals surface area contributed by atoms with Crippen LogP contribution < -0.4 is 0 Å². The van der Waals surface area contributed by atoms with Crippen molar-refractivity contribution in [3.63, 3.8) is 0 Å². The minimum absolute atomic E-state index is 0.709. The molecule has 0 aliphatic heterocycles. The fourth-order valence-electron chi connectivity index (χ4n) is 10.5. The second-order valence-corrected chi connectivity index (χ2v) is 19.2. The van der Waals surface area contributed by atoms with Crippen LogP contribution in [0.4, 0.5) is 0 Å². The maximum atomic E-state index is 2.26. The zero-order valence-electron chi connectivity index (χ0n) is 42.2. The first-order valence-corrected chi connectivity index (χ1v) is 26.4. The van der Waals surface area contributed by atoms with Crippen molar-refractivity contribution in [1.82, 2.24) is 0 Å². The maximum absolute atomic E-state index is 2.26. The molecule has 60 heavy (non-hydrogen) atoms. The molecule has 5 unspecified atom stereocenters. The highest BCUT2D eigenvalue weighted by molar-refractivity contribution is 5.18. The zero-order chi connectivity index (χ0) is 44.4. The van der Waals surface area contributed by atoms with Crippen LogP contribution in [0.2, 0.25) is 0 Å². The Labute approximate surface area is 377 Å². The second kappa shape index (κ2) is 36.2. The lowest BCUT2D eigenvalue weighted by molar-refractivity contribution is 0.146. The molecule has 6 aliphatic carbocycles. The lowest BCUT2D eigenvalue weighted by Crippen LogP contribution is -2.27. The third-order valence-electron chi connectivity index (χ3n) is 13.7. The van der Waals surface area contributed by atoms with Crippen molar-refractivity contribution in [3.8, 4) is 0 Å². The average molecular weight is 823 g/mol. The molecule has 9 rings (SSSR count). The van der Waals surface area contributed by atoms with Gasteiger partial charge in [0.2, 0.25) is 0 Å². The number of unbranched alkanes of at least 4 members (excludes halogenated alkanes) is 2. The molecule has 3 aromatic rings. The van der Waals surface area contributed by atoms with E-state index in [0.29, 0.717) is 5.92 Å². The second-order valence-electron chi connectivity index (χ2n) is 19.2. The minimum Gasteiger partial charge on any atom is -0.0656 e. The third-order valence-corrected chi connectivity index (χ3v) is 13.7. The normalized spacial score (nSPS) is 25.2. The number of rotatable bonds is 7. The number of fused-ring (bicyclic) bond motifs is 11. The van der Waals surface area contributed by atoms with Crippen LogP contribution >= 0.6 is 0 Å². The Kier molecular flexibility index (Phi) is 33.6. The van der Waals surface area contributed by atoms with Gasteiger partial charge < -0.3 is 0 Å². The van der Waals surface area contributed by atoms with E-state index in [-0.39, 0.29) is 0 Å². The van der Waals surface area contributed by atoms with Crippen LogP contribution in [0.25, 0.3) is 0 Å². The number of benzene rings is 3. The first-order chi connectivity index (χ1) is 29.2. The molecule has 6 saturated carbocycles. The van der Waals surface area contributed by atoms with Gasteiger partial charge in [-0.2, -0.15) is 0 Å². The Morgan fingerprint density at radius 3 is 1.03 bits per heavy atom. The lowest BCUT2D eigenvalue weighted by atomic mass is 9.71. The number of hydrogen-bond acceptors (Lipinski definition) is 0. The largest absolute Gasteiger partial charge is 0.0656 e. The SMILES string of the molecule is C1CC2CC1C1C3CCC(C3)C21.C1CC2CCC1C2.CCC.CCC.CCC.CCC(C)c1ccccc1.CCCC.CCCCc1ccccc1.CCc1ccccc1. The molecule has 6 bridgehead atoms. The van der Waals surface area contributed by atoms with Crippen molar-refractivity contribution >= 4 is 0 Å². The Balaban J connectivity index is 0.000000353. The Morgan fingerprint density at radius 2 is 0.767 bits per heavy atom. The summed E-state index contributed by atoms with van der Waals surface area (Å²) in [5.74, 6) is 10.3. The van der Waals surface area contributed by atoms with Crippen LogP contribution in [0.15, 0.2) is 91.0 Å². The van der Waals surface area contributed by atoms with Crippen molar-refractivity contribution in [2.45, 2.75) is 224 Å². The molecule has 0 amide bonds. The topological polar surface area (TPSA) is 0 Å². The van der Waals surface area contributed by atoms with E-state index in [9.17, 15) is 0 Å². The first kappa shape index (κ1) is 55.7. The molecule has 0 aromatic heterocycles. The maximum Gasteiger partial charge on any atom is -0.0193 e. The summed E-state index contributed by atoms with van der Waals surface area (Å²) in [5.41, 5.74) is 4.32. The highest BCUT2D eigenvalue weighted by atomic mass is 14.6. The molecule has 342 valence electrons.